The van der Waals surface area contributed by atoms with Crippen molar-refractivity contribution in [3.8, 4) is 0 Å². The predicted octanol–water partition coefficient (Wildman–Crippen LogP) is 4.64. The summed E-state index contributed by atoms with van der Waals surface area (Å²) < 4.78 is 27.9. The van der Waals surface area contributed by atoms with E-state index in [9.17, 15) is 13.6 Å². The molecule has 108 valence electrons. The zero-order valence-electron chi connectivity index (χ0n) is 11.3. The summed E-state index contributed by atoms with van der Waals surface area (Å²) in [4.78, 5) is 12.2. The standard InChI is InChI=1S/C17H13BrF2O/c18-13-8-14(19)17(15(20)9-13)16(21)7-10-4-5-11-2-1-3-12(11)6-10/h4-6,8-9H,1-3,7H2. The van der Waals surface area contributed by atoms with Crippen LogP contribution in [-0.4, -0.2) is 5.78 Å². The first kappa shape index (κ1) is 14.4. The van der Waals surface area contributed by atoms with Crippen molar-refractivity contribution in [3.05, 3.63) is 68.7 Å². The maximum absolute atomic E-state index is 13.8. The van der Waals surface area contributed by atoms with Crippen molar-refractivity contribution < 1.29 is 13.6 Å². The van der Waals surface area contributed by atoms with Gasteiger partial charge in [0, 0.05) is 10.9 Å². The molecule has 1 nitrogen and oxygen atoms in total. The molecule has 2 aromatic rings. The monoisotopic (exact) mass is 350 g/mol. The van der Waals surface area contributed by atoms with Crippen molar-refractivity contribution in [1.29, 1.82) is 0 Å². The number of rotatable bonds is 3. The first-order valence-electron chi connectivity index (χ1n) is 6.83. The number of fused-ring (bicyclic) bond motifs is 1. The fourth-order valence-electron chi connectivity index (χ4n) is 2.82. The van der Waals surface area contributed by atoms with Gasteiger partial charge in [-0.2, -0.15) is 0 Å². The summed E-state index contributed by atoms with van der Waals surface area (Å²) in [5.74, 6) is -2.18. The average molecular weight is 351 g/mol. The molecule has 4 heteroatoms. The molecule has 0 unspecified atom stereocenters. The van der Waals surface area contributed by atoms with Crippen LogP contribution in [0.5, 0.6) is 0 Å². The predicted molar refractivity (Wildman–Crippen MR) is 80.6 cm³/mol. The van der Waals surface area contributed by atoms with Gasteiger partial charge in [-0.25, -0.2) is 8.78 Å². The Morgan fingerprint density at radius 1 is 1.05 bits per heavy atom. The lowest BCUT2D eigenvalue weighted by atomic mass is 9.99. The van der Waals surface area contributed by atoms with Crippen molar-refractivity contribution in [2.24, 2.45) is 0 Å². The van der Waals surface area contributed by atoms with E-state index in [0.29, 0.717) is 0 Å². The van der Waals surface area contributed by atoms with Crippen LogP contribution in [0.2, 0.25) is 0 Å². The number of ketones is 1. The Bertz CT molecular complexity index is 702. The third-order valence-corrected chi connectivity index (χ3v) is 4.27. The van der Waals surface area contributed by atoms with Gasteiger partial charge in [-0.3, -0.25) is 4.79 Å². The maximum atomic E-state index is 13.8. The summed E-state index contributed by atoms with van der Waals surface area (Å²) in [6, 6.07) is 8.09. The molecule has 0 radical (unpaired) electrons. The van der Waals surface area contributed by atoms with Gasteiger partial charge in [-0.05, 0) is 48.1 Å². The van der Waals surface area contributed by atoms with Gasteiger partial charge < -0.3 is 0 Å². The summed E-state index contributed by atoms with van der Waals surface area (Å²) in [5, 5.41) is 0. The Morgan fingerprint density at radius 2 is 1.71 bits per heavy atom. The van der Waals surface area contributed by atoms with Crippen molar-refractivity contribution in [1.82, 2.24) is 0 Å². The second-order valence-electron chi connectivity index (χ2n) is 5.30. The van der Waals surface area contributed by atoms with E-state index in [2.05, 4.69) is 15.9 Å². The van der Waals surface area contributed by atoms with Crippen LogP contribution < -0.4 is 0 Å². The minimum Gasteiger partial charge on any atom is -0.294 e. The van der Waals surface area contributed by atoms with Crippen molar-refractivity contribution >= 4 is 21.7 Å². The molecule has 21 heavy (non-hydrogen) atoms. The van der Waals surface area contributed by atoms with E-state index in [1.165, 1.54) is 11.1 Å². The second kappa shape index (κ2) is 5.68. The van der Waals surface area contributed by atoms with Gasteiger partial charge in [0.05, 0.1) is 5.56 Å². The quantitative estimate of drug-likeness (QED) is 0.737. The first-order chi connectivity index (χ1) is 10.0. The normalized spacial score (nSPS) is 13.3. The molecular weight excluding hydrogens is 338 g/mol. The molecular formula is C17H13BrF2O. The Hall–Kier alpha value is -1.55. The number of aryl methyl sites for hydroxylation is 2. The van der Waals surface area contributed by atoms with Crippen LogP contribution in [-0.2, 0) is 19.3 Å². The summed E-state index contributed by atoms with van der Waals surface area (Å²) in [7, 11) is 0. The van der Waals surface area contributed by atoms with E-state index in [1.54, 1.807) is 0 Å². The fourth-order valence-corrected chi connectivity index (χ4v) is 3.22. The molecule has 0 saturated heterocycles. The van der Waals surface area contributed by atoms with E-state index in [4.69, 9.17) is 0 Å². The second-order valence-corrected chi connectivity index (χ2v) is 6.22. The lowest BCUT2D eigenvalue weighted by molar-refractivity contribution is 0.0985. The van der Waals surface area contributed by atoms with Crippen LogP contribution in [0, 0.1) is 11.6 Å². The van der Waals surface area contributed by atoms with Crippen molar-refractivity contribution in [3.63, 3.8) is 0 Å². The van der Waals surface area contributed by atoms with Crippen LogP contribution in [0.25, 0.3) is 0 Å². The molecule has 2 aromatic carbocycles. The van der Waals surface area contributed by atoms with Crippen LogP contribution in [0.4, 0.5) is 8.78 Å². The van der Waals surface area contributed by atoms with E-state index >= 15 is 0 Å². The molecule has 0 aromatic heterocycles. The lowest BCUT2D eigenvalue weighted by Crippen LogP contribution is -2.09. The summed E-state index contributed by atoms with van der Waals surface area (Å²) in [6.07, 6.45) is 3.23. The molecule has 0 saturated carbocycles. The number of hydrogen-bond donors (Lipinski definition) is 0. The molecule has 0 aliphatic heterocycles. The van der Waals surface area contributed by atoms with Gasteiger partial charge in [0.15, 0.2) is 5.78 Å². The van der Waals surface area contributed by atoms with Gasteiger partial charge in [0.1, 0.15) is 11.6 Å². The Balaban J connectivity index is 1.87. The molecule has 1 aliphatic rings. The minimum atomic E-state index is -0.826. The van der Waals surface area contributed by atoms with Crippen LogP contribution >= 0.6 is 15.9 Å². The third-order valence-electron chi connectivity index (χ3n) is 3.81. The van der Waals surface area contributed by atoms with Gasteiger partial charge in [0.2, 0.25) is 0 Å². The van der Waals surface area contributed by atoms with Crippen LogP contribution in [0.3, 0.4) is 0 Å². The number of benzene rings is 2. The zero-order valence-corrected chi connectivity index (χ0v) is 12.8. The van der Waals surface area contributed by atoms with E-state index < -0.39 is 23.0 Å². The van der Waals surface area contributed by atoms with E-state index in [-0.39, 0.29) is 10.9 Å². The van der Waals surface area contributed by atoms with Gasteiger partial charge in [-0.1, -0.05) is 34.1 Å². The molecule has 0 heterocycles. The number of hydrogen-bond acceptors (Lipinski definition) is 1. The Kier molecular flexibility index (Phi) is 3.89. The first-order valence-corrected chi connectivity index (χ1v) is 7.62. The van der Waals surface area contributed by atoms with Gasteiger partial charge in [-0.15, -0.1) is 0 Å². The van der Waals surface area contributed by atoms with E-state index in [0.717, 1.165) is 37.0 Å². The van der Waals surface area contributed by atoms with Gasteiger partial charge in [0.25, 0.3) is 0 Å². The Morgan fingerprint density at radius 3 is 2.43 bits per heavy atom. The fraction of sp³-hybridized carbons (Fsp3) is 0.235. The highest BCUT2D eigenvalue weighted by Gasteiger charge is 2.19. The van der Waals surface area contributed by atoms with Gasteiger partial charge >= 0.3 is 0 Å². The molecule has 0 amide bonds. The highest BCUT2D eigenvalue weighted by Crippen LogP contribution is 2.25. The molecule has 0 N–H and O–H groups in total. The molecule has 3 rings (SSSR count). The van der Waals surface area contributed by atoms with E-state index in [1.807, 2.05) is 18.2 Å². The number of carbonyl (C=O) groups excluding carboxylic acids is 1. The number of halogens is 3. The molecule has 1 aliphatic carbocycles. The minimum absolute atomic E-state index is 0.0166. The zero-order chi connectivity index (χ0) is 15.0. The summed E-state index contributed by atoms with van der Waals surface area (Å²) >= 11 is 3.01. The largest absolute Gasteiger partial charge is 0.294 e. The molecule has 0 spiro atoms. The molecule has 0 atom stereocenters. The topological polar surface area (TPSA) is 17.1 Å². The van der Waals surface area contributed by atoms with Crippen LogP contribution in [0.15, 0.2) is 34.8 Å². The Labute approximate surface area is 130 Å². The number of carbonyl (C=O) groups is 1. The average Bonchev–Trinajstić information content (AvgIpc) is 2.84. The van der Waals surface area contributed by atoms with Crippen molar-refractivity contribution in [2.75, 3.05) is 0 Å². The summed E-state index contributed by atoms with van der Waals surface area (Å²) in [6.45, 7) is 0. The van der Waals surface area contributed by atoms with Crippen molar-refractivity contribution in [2.45, 2.75) is 25.7 Å². The highest BCUT2D eigenvalue weighted by molar-refractivity contribution is 9.10. The third kappa shape index (κ3) is 2.91. The SMILES string of the molecule is O=C(Cc1ccc2c(c1)CCC2)c1c(F)cc(Br)cc1F. The molecule has 0 fully saturated rings. The maximum Gasteiger partial charge on any atom is 0.173 e. The number of Topliss-reactive ketones (excluding diaryl/α,β-unsaturated/α-hetero) is 1. The summed E-state index contributed by atoms with van der Waals surface area (Å²) in [5.41, 5.74) is 2.91. The molecule has 0 bridgehead atoms. The van der Waals surface area contributed by atoms with Crippen LogP contribution in [0.1, 0.15) is 33.5 Å². The lowest BCUT2D eigenvalue weighted by Gasteiger charge is -2.07. The smallest absolute Gasteiger partial charge is 0.173 e. The highest BCUT2D eigenvalue weighted by atomic mass is 79.9.